The van der Waals surface area contributed by atoms with E-state index in [0.717, 1.165) is 12.1 Å². The molecule has 0 bridgehead atoms. The highest BCUT2D eigenvalue weighted by Crippen LogP contribution is 2.44. The van der Waals surface area contributed by atoms with Gasteiger partial charge in [0.2, 0.25) is 0 Å². The molecule has 1 heterocycles. The van der Waals surface area contributed by atoms with E-state index in [0.29, 0.717) is 0 Å². The van der Waals surface area contributed by atoms with Gasteiger partial charge in [-0.3, -0.25) is 20.2 Å². The number of hydrogen-bond acceptors (Lipinski definition) is 9. The van der Waals surface area contributed by atoms with Crippen molar-refractivity contribution in [2.45, 2.75) is 19.1 Å². The summed E-state index contributed by atoms with van der Waals surface area (Å²) < 4.78 is 4.82. The second-order valence-corrected chi connectivity index (χ2v) is 6.57. The first kappa shape index (κ1) is 21.4. The second-order valence-electron chi connectivity index (χ2n) is 6.57. The van der Waals surface area contributed by atoms with E-state index >= 15 is 0 Å². The Morgan fingerprint density at radius 2 is 1.55 bits per heavy atom. The molecule has 2 aromatic carbocycles. The van der Waals surface area contributed by atoms with Crippen LogP contribution in [-0.2, 0) is 9.53 Å². The van der Waals surface area contributed by atoms with Gasteiger partial charge >= 0.3 is 5.97 Å². The number of nitrogens with one attached hydrogen (secondary N) is 1. The average Bonchev–Trinajstić information content (AvgIpc) is 2.77. The third-order valence-corrected chi connectivity index (χ3v) is 4.92. The summed E-state index contributed by atoms with van der Waals surface area (Å²) in [5.41, 5.74) is -0.372. The molecule has 1 aliphatic heterocycles. The van der Waals surface area contributed by atoms with Gasteiger partial charge < -0.3 is 10.1 Å². The van der Waals surface area contributed by atoms with Crippen molar-refractivity contribution >= 4 is 17.3 Å². The van der Waals surface area contributed by atoms with E-state index in [-0.39, 0.29) is 33.8 Å². The van der Waals surface area contributed by atoms with Crippen LogP contribution in [-0.4, -0.2) is 27.9 Å². The standard InChI is InChI=1S/C19H17N5O7/c1-11-16(19(25)31-2)17(12-7-3-5-9-14(12)23(27)28)22(21-26)18(20-11)13-8-4-6-10-15(13)24(29)30/h3-10,17-18,20H,1-2H3/t17-,18+/m1/s1. The third-order valence-electron chi connectivity index (χ3n) is 4.92. The number of methoxy groups -OCH3 is 1. The van der Waals surface area contributed by atoms with E-state index in [2.05, 4.69) is 10.6 Å². The SMILES string of the molecule is COC(=O)C1=C(C)N[C@H](c2ccccc2[N+](=O)[O-])N(N=O)[C@@H]1c1ccccc1[N+](=O)[O-]. The molecule has 3 rings (SSSR count). The van der Waals surface area contributed by atoms with Crippen LogP contribution in [0.4, 0.5) is 11.4 Å². The number of carbonyl (C=O) groups excluding carboxylic acids is 1. The molecule has 0 aliphatic carbocycles. The van der Waals surface area contributed by atoms with E-state index in [1.165, 1.54) is 49.4 Å². The molecule has 0 aromatic heterocycles. The Morgan fingerprint density at radius 1 is 1.03 bits per heavy atom. The van der Waals surface area contributed by atoms with Crippen molar-refractivity contribution in [1.82, 2.24) is 10.3 Å². The van der Waals surface area contributed by atoms with E-state index in [9.17, 15) is 29.9 Å². The van der Waals surface area contributed by atoms with Crippen molar-refractivity contribution < 1.29 is 19.4 Å². The zero-order chi connectivity index (χ0) is 22.7. The fourth-order valence-corrected chi connectivity index (χ4v) is 3.59. The molecule has 0 radical (unpaired) electrons. The van der Waals surface area contributed by atoms with Gasteiger partial charge in [0.05, 0.1) is 38.9 Å². The summed E-state index contributed by atoms with van der Waals surface area (Å²) in [4.78, 5) is 46.4. The highest BCUT2D eigenvalue weighted by molar-refractivity contribution is 5.91. The summed E-state index contributed by atoms with van der Waals surface area (Å²) in [6.07, 6.45) is -1.17. The highest BCUT2D eigenvalue weighted by atomic mass is 16.6. The van der Waals surface area contributed by atoms with Crippen molar-refractivity contribution in [2.24, 2.45) is 5.29 Å². The summed E-state index contributed by atoms with van der Waals surface area (Å²) in [7, 11) is 1.13. The lowest BCUT2D eigenvalue weighted by molar-refractivity contribution is -0.386. The number of benzene rings is 2. The molecule has 31 heavy (non-hydrogen) atoms. The second kappa shape index (κ2) is 8.57. The lowest BCUT2D eigenvalue weighted by Crippen LogP contribution is -2.44. The number of rotatable bonds is 6. The Labute approximate surface area is 175 Å². The molecule has 2 atom stereocenters. The number of nitro benzene ring substituents is 2. The van der Waals surface area contributed by atoms with Crippen molar-refractivity contribution in [1.29, 1.82) is 0 Å². The smallest absolute Gasteiger partial charge is 0.338 e. The third kappa shape index (κ3) is 3.77. The lowest BCUT2D eigenvalue weighted by atomic mass is 9.91. The van der Waals surface area contributed by atoms with Gasteiger partial charge in [-0.25, -0.2) is 9.80 Å². The largest absolute Gasteiger partial charge is 0.466 e. The summed E-state index contributed by atoms with van der Waals surface area (Å²) in [6, 6.07) is 9.94. The van der Waals surface area contributed by atoms with Crippen LogP contribution in [0, 0.1) is 25.1 Å². The van der Waals surface area contributed by atoms with Crippen LogP contribution in [0.25, 0.3) is 0 Å². The zero-order valence-electron chi connectivity index (χ0n) is 16.4. The highest BCUT2D eigenvalue weighted by Gasteiger charge is 2.44. The maximum atomic E-state index is 12.6. The van der Waals surface area contributed by atoms with Crippen molar-refractivity contribution in [3.05, 3.63) is 96.1 Å². The Kier molecular flexibility index (Phi) is 5.90. The lowest BCUT2D eigenvalue weighted by Gasteiger charge is -2.39. The van der Waals surface area contributed by atoms with Crippen LogP contribution in [0.5, 0.6) is 0 Å². The van der Waals surface area contributed by atoms with Crippen LogP contribution in [0.15, 0.2) is 65.1 Å². The number of nitro groups is 2. The van der Waals surface area contributed by atoms with Gasteiger partial charge in [-0.15, -0.1) is 4.91 Å². The van der Waals surface area contributed by atoms with Gasteiger partial charge in [0.15, 0.2) is 6.17 Å². The molecule has 1 N–H and O–H groups in total. The molecule has 12 heteroatoms. The Morgan fingerprint density at radius 3 is 2.06 bits per heavy atom. The van der Waals surface area contributed by atoms with Gasteiger partial charge in [0.25, 0.3) is 11.4 Å². The van der Waals surface area contributed by atoms with Crippen LogP contribution in [0.3, 0.4) is 0 Å². The fraction of sp³-hybridized carbons (Fsp3) is 0.211. The molecular formula is C19H17N5O7. The first-order chi connectivity index (χ1) is 14.8. The van der Waals surface area contributed by atoms with Gasteiger partial charge in [0, 0.05) is 17.8 Å². The quantitative estimate of drug-likeness (QED) is 0.316. The molecule has 160 valence electrons. The van der Waals surface area contributed by atoms with Crippen LogP contribution in [0.1, 0.15) is 30.3 Å². The monoisotopic (exact) mass is 427 g/mol. The normalized spacial score (nSPS) is 18.2. The summed E-state index contributed by atoms with van der Waals surface area (Å²) >= 11 is 0. The Hall–Kier alpha value is -4.35. The summed E-state index contributed by atoms with van der Waals surface area (Å²) in [6.45, 7) is 1.51. The number of carbonyl (C=O) groups is 1. The van der Waals surface area contributed by atoms with Crippen molar-refractivity contribution in [2.75, 3.05) is 7.11 Å². The molecule has 12 nitrogen and oxygen atoms in total. The molecule has 0 spiro atoms. The van der Waals surface area contributed by atoms with Crippen LogP contribution >= 0.6 is 0 Å². The Bertz CT molecular complexity index is 1100. The number of hydrogen-bond donors (Lipinski definition) is 1. The van der Waals surface area contributed by atoms with Crippen LogP contribution in [0.2, 0.25) is 0 Å². The molecule has 0 fully saturated rings. The summed E-state index contributed by atoms with van der Waals surface area (Å²) in [5.74, 6) is -0.831. The first-order valence-electron chi connectivity index (χ1n) is 8.95. The predicted octanol–water partition coefficient (Wildman–Crippen LogP) is 3.28. The number of allylic oxidation sites excluding steroid dienone is 1. The number of esters is 1. The van der Waals surface area contributed by atoms with Gasteiger partial charge in [-0.1, -0.05) is 24.3 Å². The minimum Gasteiger partial charge on any atom is -0.466 e. The van der Waals surface area contributed by atoms with Gasteiger partial charge in [-0.2, -0.15) is 0 Å². The average molecular weight is 427 g/mol. The van der Waals surface area contributed by atoms with E-state index in [1.54, 1.807) is 6.07 Å². The number of nitroso groups, excluding NO2 is 1. The minimum absolute atomic E-state index is 0.0111. The van der Waals surface area contributed by atoms with Crippen molar-refractivity contribution in [3.63, 3.8) is 0 Å². The van der Waals surface area contributed by atoms with Crippen molar-refractivity contribution in [3.8, 4) is 0 Å². The van der Waals surface area contributed by atoms with Gasteiger partial charge in [-0.05, 0) is 19.1 Å². The Balaban J connectivity index is 2.30. The minimum atomic E-state index is -1.32. The molecule has 0 unspecified atom stereocenters. The zero-order valence-corrected chi connectivity index (χ0v) is 16.4. The fourth-order valence-electron chi connectivity index (χ4n) is 3.59. The molecule has 1 aliphatic rings. The topological polar surface area (TPSA) is 157 Å². The summed E-state index contributed by atoms with van der Waals surface area (Å²) in [5, 5.41) is 29.9. The predicted molar refractivity (Wildman–Crippen MR) is 107 cm³/mol. The maximum absolute atomic E-state index is 12.6. The molecular weight excluding hydrogens is 410 g/mol. The first-order valence-corrected chi connectivity index (χ1v) is 8.95. The number of para-hydroxylation sites is 2. The molecule has 0 saturated carbocycles. The maximum Gasteiger partial charge on any atom is 0.338 e. The molecule has 0 amide bonds. The van der Waals surface area contributed by atoms with E-state index in [4.69, 9.17) is 4.74 Å². The van der Waals surface area contributed by atoms with E-state index in [1.807, 2.05) is 0 Å². The number of ether oxygens (including phenoxy) is 1. The van der Waals surface area contributed by atoms with Gasteiger partial charge in [0.1, 0.15) is 6.04 Å². The van der Waals surface area contributed by atoms with Crippen LogP contribution < -0.4 is 5.32 Å². The molecule has 0 saturated heterocycles. The molecule has 2 aromatic rings. The number of nitrogens with zero attached hydrogens (tertiary/aromatic N) is 4. The van der Waals surface area contributed by atoms with E-state index < -0.39 is 28.0 Å².